The minimum Gasteiger partial charge on any atom is -0.252 e. The van der Waals surface area contributed by atoms with E-state index in [0.717, 1.165) is 10.7 Å². The van der Waals surface area contributed by atoms with Crippen LogP contribution in [0.2, 0.25) is 10.2 Å². The molecule has 4 rings (SSSR count). The number of nitrogens with zero attached hydrogens (tertiary/aromatic N) is 5. The second kappa shape index (κ2) is 8.39. The molecule has 4 heterocycles. The van der Waals surface area contributed by atoms with Crippen LogP contribution >= 0.6 is 23.2 Å². The summed E-state index contributed by atoms with van der Waals surface area (Å²) in [6.45, 7) is 3.64. The van der Waals surface area contributed by atoms with Crippen molar-refractivity contribution in [3.05, 3.63) is 87.9 Å². The Morgan fingerprint density at radius 3 is 2.27 bits per heavy atom. The predicted octanol–water partition coefficient (Wildman–Crippen LogP) is 6.51. The van der Waals surface area contributed by atoms with Crippen molar-refractivity contribution in [1.82, 2.24) is 24.7 Å². The van der Waals surface area contributed by atoms with E-state index < -0.39 is 23.2 Å². The Kier molecular flexibility index (Phi) is 5.88. The van der Waals surface area contributed by atoms with Gasteiger partial charge in [0.15, 0.2) is 11.5 Å². The van der Waals surface area contributed by atoms with Crippen molar-refractivity contribution in [1.29, 1.82) is 0 Å². The summed E-state index contributed by atoms with van der Waals surface area (Å²) < 4.78 is 54.2. The lowest BCUT2D eigenvalue weighted by atomic mass is 9.84. The lowest BCUT2D eigenvalue weighted by Gasteiger charge is -2.25. The Bertz CT molecular complexity index is 1330. The second-order valence-corrected chi connectivity index (χ2v) is 8.50. The molecule has 0 aromatic carbocycles. The van der Waals surface area contributed by atoms with E-state index in [-0.39, 0.29) is 22.2 Å². The van der Waals surface area contributed by atoms with E-state index in [2.05, 4.69) is 20.1 Å². The van der Waals surface area contributed by atoms with Crippen LogP contribution in [-0.2, 0) is 11.6 Å². The molecule has 0 amide bonds. The summed E-state index contributed by atoms with van der Waals surface area (Å²) >= 11 is 12.0. The average molecular weight is 496 g/mol. The highest BCUT2D eigenvalue weighted by Crippen LogP contribution is 2.34. The van der Waals surface area contributed by atoms with Gasteiger partial charge in [-0.2, -0.15) is 22.7 Å². The minimum absolute atomic E-state index is 0.00662. The number of rotatable bonds is 4. The molecule has 0 N–H and O–H groups in total. The number of pyridine rings is 3. The largest absolute Gasteiger partial charge is 0.435 e. The summed E-state index contributed by atoms with van der Waals surface area (Å²) in [5.41, 5.74) is -0.512. The van der Waals surface area contributed by atoms with E-state index in [1.54, 1.807) is 24.3 Å². The second-order valence-electron chi connectivity index (χ2n) is 7.68. The first-order valence-electron chi connectivity index (χ1n) is 9.56. The monoisotopic (exact) mass is 495 g/mol. The van der Waals surface area contributed by atoms with E-state index in [4.69, 9.17) is 23.2 Å². The molecule has 0 spiro atoms. The van der Waals surface area contributed by atoms with Crippen molar-refractivity contribution in [2.45, 2.75) is 25.4 Å². The van der Waals surface area contributed by atoms with Gasteiger partial charge in [0.2, 0.25) is 5.95 Å². The summed E-state index contributed by atoms with van der Waals surface area (Å²) in [6.07, 6.45) is -3.37. The SMILES string of the molecule is CC(C)(c1cc(Cl)cc(-c2ccc(Cl)nc2F)n1)c1cccc(-n2ccc(C(F)(F)F)n2)n1. The third-order valence-electron chi connectivity index (χ3n) is 5.01. The maximum atomic E-state index is 14.4. The van der Waals surface area contributed by atoms with Crippen molar-refractivity contribution in [3.8, 4) is 17.1 Å². The van der Waals surface area contributed by atoms with Crippen LogP contribution in [0.15, 0.2) is 54.7 Å². The lowest BCUT2D eigenvalue weighted by molar-refractivity contribution is -0.141. The van der Waals surface area contributed by atoms with Crippen LogP contribution in [0.25, 0.3) is 17.1 Å². The molecule has 0 saturated carbocycles. The zero-order valence-electron chi connectivity index (χ0n) is 17.2. The zero-order chi connectivity index (χ0) is 24.0. The molecule has 0 unspecified atom stereocenters. The van der Waals surface area contributed by atoms with Gasteiger partial charge in [-0.05, 0) is 56.3 Å². The van der Waals surface area contributed by atoms with Gasteiger partial charge < -0.3 is 0 Å². The molecule has 0 saturated heterocycles. The van der Waals surface area contributed by atoms with Crippen molar-refractivity contribution >= 4 is 23.2 Å². The highest BCUT2D eigenvalue weighted by Gasteiger charge is 2.34. The summed E-state index contributed by atoms with van der Waals surface area (Å²) in [5.74, 6) is -0.591. The summed E-state index contributed by atoms with van der Waals surface area (Å²) in [7, 11) is 0. The quantitative estimate of drug-likeness (QED) is 0.239. The lowest BCUT2D eigenvalue weighted by Crippen LogP contribution is -2.23. The maximum Gasteiger partial charge on any atom is 0.435 e. The summed E-state index contributed by atoms with van der Waals surface area (Å²) in [4.78, 5) is 12.7. The van der Waals surface area contributed by atoms with Crippen molar-refractivity contribution in [2.75, 3.05) is 0 Å². The Labute approximate surface area is 196 Å². The van der Waals surface area contributed by atoms with Crippen LogP contribution in [0.3, 0.4) is 0 Å². The molecule has 0 radical (unpaired) electrons. The molecule has 0 aliphatic rings. The molecule has 11 heteroatoms. The first-order valence-corrected chi connectivity index (χ1v) is 10.3. The number of halogens is 6. The fourth-order valence-electron chi connectivity index (χ4n) is 3.19. The van der Waals surface area contributed by atoms with Crippen molar-refractivity contribution < 1.29 is 17.6 Å². The van der Waals surface area contributed by atoms with Gasteiger partial charge in [0, 0.05) is 16.6 Å². The van der Waals surface area contributed by atoms with E-state index in [9.17, 15) is 17.6 Å². The van der Waals surface area contributed by atoms with Gasteiger partial charge in [-0.1, -0.05) is 29.3 Å². The Hall–Kier alpha value is -3.04. The molecule has 0 aliphatic heterocycles. The summed E-state index contributed by atoms with van der Waals surface area (Å²) in [5, 5.41) is 3.89. The third kappa shape index (κ3) is 4.69. The number of hydrogen-bond acceptors (Lipinski definition) is 4. The first-order chi connectivity index (χ1) is 15.4. The van der Waals surface area contributed by atoms with E-state index >= 15 is 0 Å². The molecule has 0 fully saturated rings. The van der Waals surface area contributed by atoms with Crippen LogP contribution in [0.4, 0.5) is 17.6 Å². The highest BCUT2D eigenvalue weighted by atomic mass is 35.5. The van der Waals surface area contributed by atoms with Crippen LogP contribution in [-0.4, -0.2) is 24.7 Å². The van der Waals surface area contributed by atoms with Crippen LogP contribution in [0, 0.1) is 5.95 Å². The predicted molar refractivity (Wildman–Crippen MR) is 116 cm³/mol. The van der Waals surface area contributed by atoms with Crippen LogP contribution in [0.1, 0.15) is 30.9 Å². The molecule has 5 nitrogen and oxygen atoms in total. The number of hydrogen-bond donors (Lipinski definition) is 0. The fraction of sp³-hybridized carbons (Fsp3) is 0.182. The van der Waals surface area contributed by atoms with Crippen molar-refractivity contribution in [2.24, 2.45) is 0 Å². The molecular weight excluding hydrogens is 481 g/mol. The molecule has 4 aromatic heterocycles. The Morgan fingerprint density at radius 1 is 0.848 bits per heavy atom. The van der Waals surface area contributed by atoms with Gasteiger partial charge >= 0.3 is 6.18 Å². The van der Waals surface area contributed by atoms with E-state index in [1.165, 1.54) is 24.4 Å². The topological polar surface area (TPSA) is 56.5 Å². The minimum atomic E-state index is -4.56. The highest BCUT2D eigenvalue weighted by molar-refractivity contribution is 6.31. The van der Waals surface area contributed by atoms with E-state index in [1.807, 2.05) is 13.8 Å². The number of alkyl halides is 3. The average Bonchev–Trinajstić information content (AvgIpc) is 3.24. The Morgan fingerprint density at radius 2 is 1.61 bits per heavy atom. The van der Waals surface area contributed by atoms with Crippen LogP contribution < -0.4 is 0 Å². The summed E-state index contributed by atoms with van der Waals surface area (Å²) in [6, 6.07) is 11.8. The van der Waals surface area contributed by atoms with Crippen molar-refractivity contribution in [3.63, 3.8) is 0 Å². The van der Waals surface area contributed by atoms with Gasteiger partial charge in [-0.3, -0.25) is 4.98 Å². The van der Waals surface area contributed by atoms with Crippen LogP contribution in [0.5, 0.6) is 0 Å². The Balaban J connectivity index is 1.75. The molecule has 33 heavy (non-hydrogen) atoms. The zero-order valence-corrected chi connectivity index (χ0v) is 18.7. The maximum absolute atomic E-state index is 14.4. The molecule has 0 aliphatic carbocycles. The molecule has 170 valence electrons. The van der Waals surface area contributed by atoms with Gasteiger partial charge in [-0.25, -0.2) is 14.6 Å². The van der Waals surface area contributed by atoms with Gasteiger partial charge in [0.25, 0.3) is 0 Å². The third-order valence-corrected chi connectivity index (χ3v) is 5.44. The normalized spacial score (nSPS) is 12.2. The number of aromatic nitrogens is 5. The smallest absolute Gasteiger partial charge is 0.252 e. The molecule has 4 aromatic rings. The molecule has 0 bridgehead atoms. The fourth-order valence-corrected chi connectivity index (χ4v) is 3.54. The first kappa shape index (κ1) is 23.1. The van der Waals surface area contributed by atoms with E-state index in [0.29, 0.717) is 16.4 Å². The standard InChI is InChI=1S/C22H15Cl2F4N5/c1-21(2,15-4-3-5-19(30-15)33-9-8-16(32-33)22(26,27)28)17-11-12(23)10-14(29-17)13-6-7-18(24)31-20(13)25/h3-11H,1-2H3. The molecular formula is C22H15Cl2F4N5. The van der Waals surface area contributed by atoms with Gasteiger partial charge in [0.1, 0.15) is 5.15 Å². The molecule has 0 atom stereocenters. The van der Waals surface area contributed by atoms with Gasteiger partial charge in [0.05, 0.1) is 22.6 Å². The van der Waals surface area contributed by atoms with Gasteiger partial charge in [-0.15, -0.1) is 0 Å².